The summed E-state index contributed by atoms with van der Waals surface area (Å²) in [6.45, 7) is 3.16. The molecule has 0 heterocycles. The van der Waals surface area contributed by atoms with Crippen LogP contribution in [0.5, 0.6) is 0 Å². The number of hydrogen-bond donors (Lipinski definition) is 2. The number of unbranched alkanes of at least 4 members (excludes halogenated alkanes) is 5. The van der Waals surface area contributed by atoms with Gasteiger partial charge in [-0.1, -0.05) is 39.0 Å². The molecule has 0 bridgehead atoms. The quantitative estimate of drug-likeness (QED) is 0.371. The van der Waals surface area contributed by atoms with Crippen molar-refractivity contribution in [2.75, 3.05) is 27.2 Å². The fraction of sp³-hybridized carbons (Fsp3) is 0.846. The number of amides is 1. The molecule has 0 saturated heterocycles. The number of likely N-dealkylation sites (N-methyl/N-ethyl adjacent to an activating group) is 1. The molecule has 0 aliphatic heterocycles. The monoisotopic (exact) mass is 256 g/mol. The molecule has 0 radical (unpaired) electrons. The van der Waals surface area contributed by atoms with Gasteiger partial charge in [0, 0.05) is 20.6 Å². The summed E-state index contributed by atoms with van der Waals surface area (Å²) in [7, 11) is 3.41. The van der Waals surface area contributed by atoms with Gasteiger partial charge in [-0.05, 0) is 6.42 Å². The maximum atomic E-state index is 11.3. The molecule has 0 unspecified atom stereocenters. The summed E-state index contributed by atoms with van der Waals surface area (Å²) in [5, 5.41) is 3.02. The van der Waals surface area contributed by atoms with Crippen molar-refractivity contribution in [2.24, 2.45) is 10.7 Å². The highest BCUT2D eigenvalue weighted by molar-refractivity contribution is 5.83. The second-order valence-corrected chi connectivity index (χ2v) is 4.68. The van der Waals surface area contributed by atoms with Gasteiger partial charge >= 0.3 is 0 Å². The number of nitrogens with one attached hydrogen (secondary N) is 1. The summed E-state index contributed by atoms with van der Waals surface area (Å²) in [5.74, 6) is 0.318. The van der Waals surface area contributed by atoms with Gasteiger partial charge in [0.25, 0.3) is 0 Å². The Bertz CT molecular complexity index is 251. The van der Waals surface area contributed by atoms with E-state index < -0.39 is 0 Å². The molecular weight excluding hydrogens is 228 g/mol. The number of carbonyl (C=O) groups is 1. The van der Waals surface area contributed by atoms with E-state index in [0.29, 0.717) is 5.96 Å². The number of rotatable bonds is 9. The average Bonchev–Trinajstić information content (AvgIpc) is 2.34. The molecule has 0 aromatic heterocycles. The fourth-order valence-electron chi connectivity index (χ4n) is 1.47. The molecule has 0 spiro atoms. The van der Waals surface area contributed by atoms with Crippen LogP contribution in [0.1, 0.15) is 45.4 Å². The van der Waals surface area contributed by atoms with Crippen LogP contribution in [0.2, 0.25) is 0 Å². The minimum absolute atomic E-state index is 0.0423. The minimum atomic E-state index is -0.0423. The van der Waals surface area contributed by atoms with E-state index in [-0.39, 0.29) is 12.5 Å². The lowest BCUT2D eigenvalue weighted by Crippen LogP contribution is -2.34. The number of nitrogens with zero attached hydrogens (tertiary/aromatic N) is 2. The lowest BCUT2D eigenvalue weighted by molar-refractivity contribution is -0.127. The van der Waals surface area contributed by atoms with Crippen molar-refractivity contribution in [3.05, 3.63) is 0 Å². The second kappa shape index (κ2) is 10.9. The molecular formula is C13H28N4O. The molecule has 0 aromatic carbocycles. The van der Waals surface area contributed by atoms with Crippen LogP contribution >= 0.6 is 0 Å². The Morgan fingerprint density at radius 2 is 1.78 bits per heavy atom. The van der Waals surface area contributed by atoms with Crippen molar-refractivity contribution in [3.8, 4) is 0 Å². The average molecular weight is 256 g/mol. The van der Waals surface area contributed by atoms with Crippen molar-refractivity contribution in [3.63, 3.8) is 0 Å². The summed E-state index contributed by atoms with van der Waals surface area (Å²) < 4.78 is 0. The van der Waals surface area contributed by atoms with Crippen LogP contribution in [0.4, 0.5) is 0 Å². The Labute approximate surface area is 111 Å². The van der Waals surface area contributed by atoms with Crippen LogP contribution in [0.15, 0.2) is 4.99 Å². The van der Waals surface area contributed by atoms with Crippen LogP contribution in [-0.4, -0.2) is 44.0 Å². The van der Waals surface area contributed by atoms with E-state index in [0.717, 1.165) is 13.0 Å². The Morgan fingerprint density at radius 1 is 1.17 bits per heavy atom. The lowest BCUT2D eigenvalue weighted by Gasteiger charge is -2.09. The van der Waals surface area contributed by atoms with Crippen molar-refractivity contribution in [1.82, 2.24) is 10.2 Å². The highest BCUT2D eigenvalue weighted by atomic mass is 16.2. The molecule has 0 fully saturated rings. The van der Waals surface area contributed by atoms with Gasteiger partial charge in [-0.15, -0.1) is 0 Å². The van der Waals surface area contributed by atoms with Crippen molar-refractivity contribution < 1.29 is 4.79 Å². The molecule has 0 atom stereocenters. The molecule has 5 heteroatoms. The third kappa shape index (κ3) is 9.93. The van der Waals surface area contributed by atoms with Gasteiger partial charge in [0.2, 0.25) is 5.91 Å². The zero-order chi connectivity index (χ0) is 13.8. The van der Waals surface area contributed by atoms with Crippen molar-refractivity contribution in [1.29, 1.82) is 0 Å². The van der Waals surface area contributed by atoms with Crippen molar-refractivity contribution in [2.45, 2.75) is 45.4 Å². The predicted octanol–water partition coefficient (Wildman–Crippen LogP) is 1.34. The van der Waals surface area contributed by atoms with E-state index in [2.05, 4.69) is 17.2 Å². The maximum Gasteiger partial charge on any atom is 0.243 e. The van der Waals surface area contributed by atoms with Crippen molar-refractivity contribution >= 4 is 11.9 Å². The number of aliphatic imine (C=N–C) groups is 1. The van der Waals surface area contributed by atoms with Gasteiger partial charge < -0.3 is 16.0 Å². The van der Waals surface area contributed by atoms with Crippen LogP contribution in [0.3, 0.4) is 0 Å². The molecule has 18 heavy (non-hydrogen) atoms. The normalized spacial score (nSPS) is 11.4. The highest BCUT2D eigenvalue weighted by Crippen LogP contribution is 2.03. The molecule has 5 nitrogen and oxygen atoms in total. The fourth-order valence-corrected chi connectivity index (χ4v) is 1.47. The van der Waals surface area contributed by atoms with Crippen LogP contribution in [0.25, 0.3) is 0 Å². The Kier molecular flexibility index (Phi) is 10.1. The SMILES string of the molecule is CCCCCCCCNC(N)=NCC(=O)N(C)C. The molecule has 0 aliphatic rings. The molecule has 0 aliphatic carbocycles. The molecule has 3 N–H and O–H groups in total. The summed E-state index contributed by atoms with van der Waals surface area (Å²) in [4.78, 5) is 16.7. The minimum Gasteiger partial charge on any atom is -0.370 e. The van der Waals surface area contributed by atoms with E-state index in [9.17, 15) is 4.79 Å². The number of carbonyl (C=O) groups excluding carboxylic acids is 1. The van der Waals surface area contributed by atoms with Gasteiger partial charge in [-0.3, -0.25) is 4.79 Å². The molecule has 0 aromatic rings. The van der Waals surface area contributed by atoms with Gasteiger partial charge in [0.05, 0.1) is 0 Å². The number of guanidine groups is 1. The second-order valence-electron chi connectivity index (χ2n) is 4.68. The highest BCUT2D eigenvalue weighted by Gasteiger charge is 2.01. The topological polar surface area (TPSA) is 70.7 Å². The van der Waals surface area contributed by atoms with E-state index >= 15 is 0 Å². The zero-order valence-corrected chi connectivity index (χ0v) is 12.0. The summed E-state index contributed by atoms with van der Waals surface area (Å²) in [5.41, 5.74) is 5.65. The van der Waals surface area contributed by atoms with E-state index in [1.54, 1.807) is 14.1 Å². The Hall–Kier alpha value is -1.26. The smallest absolute Gasteiger partial charge is 0.243 e. The van der Waals surface area contributed by atoms with Gasteiger partial charge in [-0.2, -0.15) is 0 Å². The predicted molar refractivity (Wildman–Crippen MR) is 76.6 cm³/mol. The summed E-state index contributed by atoms with van der Waals surface area (Å²) in [6, 6.07) is 0. The summed E-state index contributed by atoms with van der Waals surface area (Å²) >= 11 is 0. The first-order chi connectivity index (χ1) is 8.57. The first kappa shape index (κ1) is 16.7. The zero-order valence-electron chi connectivity index (χ0n) is 12.0. The van der Waals surface area contributed by atoms with Crippen LogP contribution in [0, 0.1) is 0 Å². The third-order valence-corrected chi connectivity index (χ3v) is 2.72. The molecule has 1 amide bonds. The lowest BCUT2D eigenvalue weighted by atomic mass is 10.1. The standard InChI is InChI=1S/C13H28N4O/c1-4-5-6-7-8-9-10-15-13(14)16-11-12(18)17(2)3/h4-11H2,1-3H3,(H3,14,15,16). The third-order valence-electron chi connectivity index (χ3n) is 2.72. The number of nitrogens with two attached hydrogens (primary N) is 1. The molecule has 0 saturated carbocycles. The Morgan fingerprint density at radius 3 is 2.39 bits per heavy atom. The molecule has 0 rings (SSSR count). The van der Waals surface area contributed by atoms with E-state index in [1.165, 1.54) is 37.0 Å². The largest absolute Gasteiger partial charge is 0.370 e. The van der Waals surface area contributed by atoms with Gasteiger partial charge in [-0.25, -0.2) is 4.99 Å². The van der Waals surface area contributed by atoms with E-state index in [1.807, 2.05) is 0 Å². The van der Waals surface area contributed by atoms with Crippen LogP contribution < -0.4 is 11.1 Å². The van der Waals surface area contributed by atoms with Gasteiger partial charge in [0.15, 0.2) is 5.96 Å². The maximum absolute atomic E-state index is 11.3. The van der Waals surface area contributed by atoms with Crippen LogP contribution in [-0.2, 0) is 4.79 Å². The van der Waals surface area contributed by atoms with E-state index in [4.69, 9.17) is 5.73 Å². The first-order valence-corrected chi connectivity index (χ1v) is 6.81. The molecule has 106 valence electrons. The first-order valence-electron chi connectivity index (χ1n) is 6.81. The number of hydrogen-bond acceptors (Lipinski definition) is 2. The Balaban J connectivity index is 3.49. The summed E-state index contributed by atoms with van der Waals surface area (Å²) in [6.07, 6.45) is 7.52. The van der Waals surface area contributed by atoms with Gasteiger partial charge in [0.1, 0.15) is 6.54 Å².